The molecule has 0 amide bonds. The molecule has 0 aromatic carbocycles. The van der Waals surface area contributed by atoms with Gasteiger partial charge in [-0.3, -0.25) is 0 Å². The molecule has 17 heavy (non-hydrogen) atoms. The van der Waals surface area contributed by atoms with Crippen molar-refractivity contribution in [1.82, 2.24) is 0 Å². The summed E-state index contributed by atoms with van der Waals surface area (Å²) in [6.07, 6.45) is -1.97. The van der Waals surface area contributed by atoms with E-state index in [2.05, 4.69) is 0 Å². The fourth-order valence-electron chi connectivity index (χ4n) is 2.16. The Morgan fingerprint density at radius 3 is 2.47 bits per heavy atom. The highest BCUT2D eigenvalue weighted by atomic mass is 32.2. The maximum Gasteiger partial charge on any atom is 0.367 e. The van der Waals surface area contributed by atoms with Gasteiger partial charge in [0.1, 0.15) is 18.3 Å². The van der Waals surface area contributed by atoms with Gasteiger partial charge in [-0.1, -0.05) is 0 Å². The van der Waals surface area contributed by atoms with Gasteiger partial charge in [-0.2, -0.15) is 0 Å². The molecule has 2 heterocycles. The third kappa shape index (κ3) is 2.43. The third-order valence-corrected chi connectivity index (χ3v) is 3.79. The van der Waals surface area contributed by atoms with Crippen molar-refractivity contribution in [2.24, 2.45) is 0 Å². The van der Waals surface area contributed by atoms with Crippen LogP contribution in [-0.2, 0) is 23.7 Å². The van der Waals surface area contributed by atoms with Gasteiger partial charge in [-0.05, 0) is 11.8 Å². The molecular weight excluding hydrogens is 248 g/mol. The molecule has 2 fully saturated rings. The topological polar surface area (TPSA) is 63.2 Å². The minimum atomic E-state index is -0.511. The van der Waals surface area contributed by atoms with Crippen molar-refractivity contribution in [1.29, 1.82) is 0 Å². The van der Waals surface area contributed by atoms with Crippen LogP contribution in [0.2, 0.25) is 0 Å². The molecule has 98 valence electrons. The largest absolute Gasteiger partial charge is 0.449 e. The smallest absolute Gasteiger partial charge is 0.367 e. The molecule has 2 saturated heterocycles. The predicted molar refractivity (Wildman–Crippen MR) is 60.0 cm³/mol. The van der Waals surface area contributed by atoms with E-state index in [1.165, 1.54) is 0 Å². The van der Waals surface area contributed by atoms with E-state index in [4.69, 9.17) is 23.7 Å². The summed E-state index contributed by atoms with van der Waals surface area (Å²) < 4.78 is 26.9. The summed E-state index contributed by atoms with van der Waals surface area (Å²) in [5.74, 6) is 0.541. The van der Waals surface area contributed by atoms with E-state index < -0.39 is 18.5 Å². The van der Waals surface area contributed by atoms with Crippen LogP contribution in [0.4, 0.5) is 4.79 Å². The van der Waals surface area contributed by atoms with E-state index in [0.717, 1.165) is 11.8 Å². The molecule has 0 aromatic rings. The van der Waals surface area contributed by atoms with Crippen molar-refractivity contribution < 1.29 is 28.5 Å². The molecule has 0 bridgehead atoms. The summed E-state index contributed by atoms with van der Waals surface area (Å²) >= 11 is 1.10. The Kier molecular flexibility index (Phi) is 4.26. The Bertz CT molecular complexity index is 286. The van der Waals surface area contributed by atoms with E-state index in [1.807, 2.05) is 0 Å². The Balaban J connectivity index is 2.17. The molecule has 0 aromatic heterocycles. The van der Waals surface area contributed by atoms with E-state index >= 15 is 0 Å². The molecule has 5 atom stereocenters. The van der Waals surface area contributed by atoms with Crippen LogP contribution in [0.1, 0.15) is 0 Å². The number of hydrogen-bond donors (Lipinski definition) is 0. The average Bonchev–Trinajstić information content (AvgIpc) is 2.36. The van der Waals surface area contributed by atoms with E-state index in [0.29, 0.717) is 5.75 Å². The van der Waals surface area contributed by atoms with Gasteiger partial charge in [0.05, 0.1) is 0 Å². The molecule has 0 radical (unpaired) electrons. The van der Waals surface area contributed by atoms with Crippen LogP contribution >= 0.6 is 11.8 Å². The van der Waals surface area contributed by atoms with Gasteiger partial charge >= 0.3 is 5.30 Å². The van der Waals surface area contributed by atoms with Crippen molar-refractivity contribution in [2.75, 3.05) is 27.1 Å². The highest BCUT2D eigenvalue weighted by molar-refractivity contribution is 8.13. The van der Waals surface area contributed by atoms with Gasteiger partial charge in [-0.15, -0.1) is 0 Å². The number of methoxy groups -OCH3 is 3. The Hall–Kier alpha value is -0.340. The lowest BCUT2D eigenvalue weighted by Gasteiger charge is -2.45. The summed E-state index contributed by atoms with van der Waals surface area (Å²) in [5, 5.41) is -0.303. The number of rotatable bonds is 3. The first kappa shape index (κ1) is 13.1. The lowest BCUT2D eigenvalue weighted by Crippen LogP contribution is -2.62. The van der Waals surface area contributed by atoms with Gasteiger partial charge < -0.3 is 23.7 Å². The third-order valence-electron chi connectivity index (χ3n) is 2.97. The van der Waals surface area contributed by atoms with Crippen LogP contribution in [0, 0.1) is 0 Å². The van der Waals surface area contributed by atoms with Crippen LogP contribution in [0.15, 0.2) is 0 Å². The average molecular weight is 264 g/mol. The monoisotopic (exact) mass is 264 g/mol. The molecule has 2 aliphatic rings. The van der Waals surface area contributed by atoms with Crippen LogP contribution < -0.4 is 0 Å². The van der Waals surface area contributed by atoms with E-state index in [1.54, 1.807) is 21.3 Å². The molecule has 0 saturated carbocycles. The molecule has 0 spiro atoms. The number of ether oxygens (including phenoxy) is 5. The zero-order valence-electron chi connectivity index (χ0n) is 9.95. The molecule has 0 aliphatic carbocycles. The molecule has 2 rings (SSSR count). The first-order chi connectivity index (χ1) is 8.21. The van der Waals surface area contributed by atoms with Gasteiger partial charge in [0.2, 0.25) is 0 Å². The molecular formula is C10H16O6S. The maximum atomic E-state index is 11.3. The molecule has 7 heteroatoms. The highest BCUT2D eigenvalue weighted by Crippen LogP contribution is 2.33. The molecule has 6 nitrogen and oxygen atoms in total. The van der Waals surface area contributed by atoms with Crippen molar-refractivity contribution >= 4 is 17.1 Å². The van der Waals surface area contributed by atoms with Crippen molar-refractivity contribution in [3.8, 4) is 0 Å². The van der Waals surface area contributed by atoms with Crippen LogP contribution in [0.5, 0.6) is 0 Å². The Morgan fingerprint density at radius 2 is 1.88 bits per heavy atom. The normalized spacial score (nSPS) is 41.8. The molecule has 0 N–H and O–H groups in total. The van der Waals surface area contributed by atoms with Crippen molar-refractivity contribution in [3.63, 3.8) is 0 Å². The zero-order valence-corrected chi connectivity index (χ0v) is 10.8. The van der Waals surface area contributed by atoms with Crippen molar-refractivity contribution in [2.45, 2.75) is 30.7 Å². The number of carbonyl (C=O) groups is 1. The summed E-state index contributed by atoms with van der Waals surface area (Å²) in [5.41, 5.74) is 0. The van der Waals surface area contributed by atoms with Gasteiger partial charge in [0.25, 0.3) is 0 Å². The lowest BCUT2D eigenvalue weighted by molar-refractivity contribution is -0.293. The number of hydrogen-bond acceptors (Lipinski definition) is 7. The SMILES string of the molecule is CO[C@@H]1O[C@@H]2CSC(=O)O[C@H]2[C@H](OC)[C@H]1OC. The van der Waals surface area contributed by atoms with Crippen LogP contribution in [-0.4, -0.2) is 63.1 Å². The number of carbonyl (C=O) groups excluding carboxylic acids is 1. The first-order valence-electron chi connectivity index (χ1n) is 5.28. The van der Waals surface area contributed by atoms with Gasteiger partial charge in [0, 0.05) is 27.1 Å². The second kappa shape index (κ2) is 5.53. The second-order valence-electron chi connectivity index (χ2n) is 3.82. The number of fused-ring (bicyclic) bond motifs is 1. The number of thioether (sulfide) groups is 1. The summed E-state index contributed by atoms with van der Waals surface area (Å²) in [6, 6.07) is 0. The van der Waals surface area contributed by atoms with E-state index in [9.17, 15) is 4.79 Å². The first-order valence-corrected chi connectivity index (χ1v) is 6.27. The fourth-order valence-corrected chi connectivity index (χ4v) is 2.90. The Labute approximate surface area is 104 Å². The minimum Gasteiger partial charge on any atom is -0.449 e. The van der Waals surface area contributed by atoms with Crippen molar-refractivity contribution in [3.05, 3.63) is 0 Å². The van der Waals surface area contributed by atoms with Gasteiger partial charge in [0.15, 0.2) is 12.4 Å². The Morgan fingerprint density at radius 1 is 1.18 bits per heavy atom. The maximum absolute atomic E-state index is 11.3. The zero-order chi connectivity index (χ0) is 12.4. The van der Waals surface area contributed by atoms with Crippen LogP contribution in [0.25, 0.3) is 0 Å². The highest BCUT2D eigenvalue weighted by Gasteiger charge is 2.50. The minimum absolute atomic E-state index is 0.223. The predicted octanol–water partition coefficient (Wildman–Crippen LogP) is 0.640. The molecule has 2 aliphatic heterocycles. The second-order valence-corrected chi connectivity index (χ2v) is 4.78. The summed E-state index contributed by atoms with van der Waals surface area (Å²) in [4.78, 5) is 11.3. The fraction of sp³-hybridized carbons (Fsp3) is 0.900. The molecule has 0 unspecified atom stereocenters. The lowest BCUT2D eigenvalue weighted by atomic mass is 9.99. The summed E-state index contributed by atoms with van der Waals surface area (Å²) in [7, 11) is 4.65. The van der Waals surface area contributed by atoms with Crippen LogP contribution in [0.3, 0.4) is 0 Å². The van der Waals surface area contributed by atoms with Gasteiger partial charge in [-0.25, -0.2) is 4.79 Å². The van der Waals surface area contributed by atoms with E-state index in [-0.39, 0.29) is 17.5 Å². The standard InChI is InChI=1S/C10H16O6S/c1-12-7-6-5(4-17-10(11)16-6)15-9(14-3)8(7)13-2/h5-9H,4H2,1-3H3/t5-,6-,7+,8-,9-/m1/s1. The summed E-state index contributed by atoms with van der Waals surface area (Å²) in [6.45, 7) is 0. The quantitative estimate of drug-likeness (QED) is 0.693.